The molecule has 17 heavy (non-hydrogen) atoms. The number of hydrogen-bond acceptors (Lipinski definition) is 6. The Morgan fingerprint density at radius 3 is 2.82 bits per heavy atom. The molecule has 6 heteroatoms. The summed E-state index contributed by atoms with van der Waals surface area (Å²) in [7, 11) is 3.66. The molecule has 0 aliphatic rings. The number of aromatic nitrogens is 2. The average molecular weight is 234 g/mol. The Morgan fingerprint density at radius 2 is 2.18 bits per heavy atom. The number of rotatable bonds is 4. The van der Waals surface area contributed by atoms with Gasteiger partial charge in [0.25, 0.3) is 5.89 Å². The van der Waals surface area contributed by atoms with Gasteiger partial charge in [-0.25, -0.2) is 0 Å². The minimum Gasteiger partial charge on any atom is -0.484 e. The van der Waals surface area contributed by atoms with Crippen LogP contribution in [-0.2, 0) is 6.61 Å². The van der Waals surface area contributed by atoms with Gasteiger partial charge in [-0.05, 0) is 12.1 Å². The van der Waals surface area contributed by atoms with Crippen molar-refractivity contribution >= 4 is 11.7 Å². The predicted molar refractivity (Wildman–Crippen MR) is 63.8 cm³/mol. The zero-order chi connectivity index (χ0) is 12.3. The minimum atomic E-state index is 0.226. The molecule has 1 aromatic carbocycles. The molecule has 0 saturated carbocycles. The molecule has 2 rings (SSSR count). The normalized spacial score (nSPS) is 10.2. The molecule has 0 saturated heterocycles. The van der Waals surface area contributed by atoms with Crippen LogP contribution < -0.4 is 15.4 Å². The SMILES string of the molecule is CN(C)c1nnc(COc2cccc(N)c2)o1. The Labute approximate surface area is 99.0 Å². The van der Waals surface area contributed by atoms with E-state index in [-0.39, 0.29) is 6.61 Å². The van der Waals surface area contributed by atoms with Crippen molar-refractivity contribution in [2.24, 2.45) is 0 Å². The van der Waals surface area contributed by atoms with Crippen LogP contribution in [0.2, 0.25) is 0 Å². The van der Waals surface area contributed by atoms with E-state index >= 15 is 0 Å². The molecule has 0 radical (unpaired) electrons. The van der Waals surface area contributed by atoms with Gasteiger partial charge in [-0.15, -0.1) is 5.10 Å². The molecule has 1 aromatic heterocycles. The number of nitrogen functional groups attached to an aromatic ring is 1. The second-order valence-corrected chi connectivity index (χ2v) is 3.73. The summed E-state index contributed by atoms with van der Waals surface area (Å²) in [5.41, 5.74) is 6.29. The number of nitrogens with zero attached hydrogens (tertiary/aromatic N) is 3. The molecule has 0 aliphatic carbocycles. The van der Waals surface area contributed by atoms with Crippen LogP contribution in [0.1, 0.15) is 5.89 Å². The minimum absolute atomic E-state index is 0.226. The summed E-state index contributed by atoms with van der Waals surface area (Å²) >= 11 is 0. The lowest BCUT2D eigenvalue weighted by atomic mass is 10.3. The summed E-state index contributed by atoms with van der Waals surface area (Å²) in [5, 5.41) is 7.71. The van der Waals surface area contributed by atoms with Crippen molar-refractivity contribution in [3.8, 4) is 5.75 Å². The zero-order valence-corrected chi connectivity index (χ0v) is 9.75. The second kappa shape index (κ2) is 4.73. The van der Waals surface area contributed by atoms with E-state index in [1.807, 2.05) is 26.2 Å². The van der Waals surface area contributed by atoms with Crippen molar-refractivity contribution in [3.63, 3.8) is 0 Å². The topological polar surface area (TPSA) is 77.4 Å². The van der Waals surface area contributed by atoms with E-state index in [1.165, 1.54) is 0 Å². The highest BCUT2D eigenvalue weighted by atomic mass is 16.5. The Hall–Kier alpha value is -2.24. The van der Waals surface area contributed by atoms with Crippen LogP contribution >= 0.6 is 0 Å². The van der Waals surface area contributed by atoms with Crippen molar-refractivity contribution in [2.45, 2.75) is 6.61 Å². The summed E-state index contributed by atoms with van der Waals surface area (Å²) in [6.45, 7) is 0.226. The summed E-state index contributed by atoms with van der Waals surface area (Å²) in [5.74, 6) is 1.10. The third-order valence-electron chi connectivity index (χ3n) is 2.06. The lowest BCUT2D eigenvalue weighted by Gasteiger charge is -2.04. The van der Waals surface area contributed by atoms with Crippen molar-refractivity contribution in [1.29, 1.82) is 0 Å². The Balaban J connectivity index is 1.97. The van der Waals surface area contributed by atoms with Gasteiger partial charge >= 0.3 is 6.01 Å². The third-order valence-corrected chi connectivity index (χ3v) is 2.06. The van der Waals surface area contributed by atoms with Crippen molar-refractivity contribution in [2.75, 3.05) is 24.7 Å². The van der Waals surface area contributed by atoms with E-state index < -0.39 is 0 Å². The molecule has 1 heterocycles. The summed E-state index contributed by atoms with van der Waals surface area (Å²) < 4.78 is 10.8. The van der Waals surface area contributed by atoms with Crippen LogP contribution in [0.15, 0.2) is 28.7 Å². The molecule has 0 amide bonds. The van der Waals surface area contributed by atoms with Crippen LogP contribution in [0.25, 0.3) is 0 Å². The largest absolute Gasteiger partial charge is 0.484 e. The first-order chi connectivity index (χ1) is 8.15. The zero-order valence-electron chi connectivity index (χ0n) is 9.75. The third kappa shape index (κ3) is 2.87. The molecule has 2 aromatic rings. The van der Waals surface area contributed by atoms with Gasteiger partial charge < -0.3 is 19.8 Å². The van der Waals surface area contributed by atoms with E-state index in [9.17, 15) is 0 Å². The number of benzene rings is 1. The lowest BCUT2D eigenvalue weighted by Crippen LogP contribution is -2.08. The van der Waals surface area contributed by atoms with Gasteiger partial charge in [0.1, 0.15) is 5.75 Å². The molecule has 0 bridgehead atoms. The smallest absolute Gasteiger partial charge is 0.317 e. The van der Waals surface area contributed by atoms with Crippen LogP contribution in [-0.4, -0.2) is 24.3 Å². The highest BCUT2D eigenvalue weighted by molar-refractivity contribution is 5.43. The number of hydrogen-bond donors (Lipinski definition) is 1. The van der Waals surface area contributed by atoms with Gasteiger partial charge in [0.2, 0.25) is 0 Å². The fourth-order valence-corrected chi connectivity index (χ4v) is 1.23. The molecule has 0 unspecified atom stereocenters. The second-order valence-electron chi connectivity index (χ2n) is 3.73. The molecule has 90 valence electrons. The van der Waals surface area contributed by atoms with Gasteiger partial charge in [0, 0.05) is 25.8 Å². The molecule has 0 fully saturated rings. The molecular formula is C11H14N4O2. The van der Waals surface area contributed by atoms with Crippen LogP contribution in [0, 0.1) is 0 Å². The molecule has 6 nitrogen and oxygen atoms in total. The van der Waals surface area contributed by atoms with Gasteiger partial charge in [-0.1, -0.05) is 11.2 Å². The van der Waals surface area contributed by atoms with Crippen molar-refractivity contribution in [1.82, 2.24) is 10.2 Å². The van der Waals surface area contributed by atoms with Gasteiger partial charge in [0.05, 0.1) is 0 Å². The van der Waals surface area contributed by atoms with Crippen molar-refractivity contribution in [3.05, 3.63) is 30.2 Å². The highest BCUT2D eigenvalue weighted by Crippen LogP contribution is 2.16. The van der Waals surface area contributed by atoms with Gasteiger partial charge in [0.15, 0.2) is 6.61 Å². The van der Waals surface area contributed by atoms with Crippen LogP contribution in [0.4, 0.5) is 11.7 Å². The highest BCUT2D eigenvalue weighted by Gasteiger charge is 2.07. The van der Waals surface area contributed by atoms with Crippen molar-refractivity contribution < 1.29 is 9.15 Å². The molecule has 0 spiro atoms. The number of anilines is 2. The summed E-state index contributed by atoms with van der Waals surface area (Å²) in [4.78, 5) is 1.73. The van der Waals surface area contributed by atoms with E-state index in [0.29, 0.717) is 23.3 Å². The maximum Gasteiger partial charge on any atom is 0.317 e. The maximum absolute atomic E-state index is 5.63. The van der Waals surface area contributed by atoms with Crippen LogP contribution in [0.3, 0.4) is 0 Å². The van der Waals surface area contributed by atoms with E-state index in [2.05, 4.69) is 10.2 Å². The first-order valence-electron chi connectivity index (χ1n) is 5.13. The molecular weight excluding hydrogens is 220 g/mol. The summed E-state index contributed by atoms with van der Waals surface area (Å²) in [6.07, 6.45) is 0. The van der Waals surface area contributed by atoms with E-state index in [4.69, 9.17) is 14.9 Å². The number of ether oxygens (including phenoxy) is 1. The Kier molecular flexibility index (Phi) is 3.13. The quantitative estimate of drug-likeness (QED) is 0.803. The fourth-order valence-electron chi connectivity index (χ4n) is 1.23. The predicted octanol–water partition coefficient (Wildman–Crippen LogP) is 1.30. The molecule has 0 atom stereocenters. The summed E-state index contributed by atoms with van der Waals surface area (Å²) in [6, 6.07) is 7.63. The van der Waals surface area contributed by atoms with E-state index in [1.54, 1.807) is 17.0 Å². The lowest BCUT2D eigenvalue weighted by molar-refractivity contribution is 0.264. The van der Waals surface area contributed by atoms with Crippen LogP contribution in [0.5, 0.6) is 5.75 Å². The fraction of sp³-hybridized carbons (Fsp3) is 0.273. The van der Waals surface area contributed by atoms with E-state index in [0.717, 1.165) is 0 Å². The average Bonchev–Trinajstić information content (AvgIpc) is 2.75. The van der Waals surface area contributed by atoms with Gasteiger partial charge in [-0.3, -0.25) is 0 Å². The standard InChI is InChI=1S/C11H14N4O2/c1-15(2)11-14-13-10(17-11)7-16-9-5-3-4-8(12)6-9/h3-6H,7,12H2,1-2H3. The van der Waals surface area contributed by atoms with Gasteiger partial charge in [-0.2, -0.15) is 0 Å². The maximum atomic E-state index is 5.63. The first kappa shape index (κ1) is 11.3. The first-order valence-corrected chi connectivity index (χ1v) is 5.13. The number of nitrogens with two attached hydrogens (primary N) is 1. The molecule has 2 N–H and O–H groups in total. The molecule has 0 aliphatic heterocycles. The Bertz CT molecular complexity index is 496. The monoisotopic (exact) mass is 234 g/mol. The Morgan fingerprint density at radius 1 is 1.35 bits per heavy atom.